The highest BCUT2D eigenvalue weighted by atomic mass is 35.5. The third kappa shape index (κ3) is 5.81. The summed E-state index contributed by atoms with van der Waals surface area (Å²) in [5, 5.41) is 3.37. The van der Waals surface area contributed by atoms with Crippen LogP contribution in [0.5, 0.6) is 0 Å². The van der Waals surface area contributed by atoms with Crippen LogP contribution in [0.1, 0.15) is 41.0 Å². The second-order valence-corrected chi connectivity index (χ2v) is 7.37. The van der Waals surface area contributed by atoms with E-state index in [-0.39, 0.29) is 17.9 Å². The number of hydrogen-bond acceptors (Lipinski definition) is 3. The molecule has 0 aliphatic rings. The van der Waals surface area contributed by atoms with E-state index in [0.717, 1.165) is 6.42 Å². The molecule has 3 N–H and O–H groups in total. The molecule has 0 bridgehead atoms. The Morgan fingerprint density at radius 2 is 1.74 bits per heavy atom. The molecule has 1 atom stereocenters. The number of rotatable bonds is 7. The standard InChI is InChI=1S/C21H26ClN3O2/c1-14(2)18(23)12-13-25(3)21(27)17-6-4-5-7-19(17)24-20(26)15-8-10-16(22)11-9-15/h4-11,14,18H,12-13,23H2,1-3H3,(H,24,26). The maximum atomic E-state index is 12.8. The first-order chi connectivity index (χ1) is 12.8. The first kappa shape index (κ1) is 20.9. The number of hydrogen-bond donors (Lipinski definition) is 2. The van der Waals surface area contributed by atoms with Crippen LogP contribution in [0.25, 0.3) is 0 Å². The highest BCUT2D eigenvalue weighted by Gasteiger charge is 2.18. The molecule has 6 heteroatoms. The van der Waals surface area contributed by atoms with Crippen LogP contribution in [0, 0.1) is 5.92 Å². The number of nitrogens with two attached hydrogens (primary N) is 1. The molecule has 0 spiro atoms. The largest absolute Gasteiger partial charge is 0.342 e. The number of nitrogens with one attached hydrogen (secondary N) is 1. The van der Waals surface area contributed by atoms with Gasteiger partial charge in [0.1, 0.15) is 0 Å². The summed E-state index contributed by atoms with van der Waals surface area (Å²) < 4.78 is 0. The normalized spacial score (nSPS) is 11.9. The van der Waals surface area contributed by atoms with Crippen molar-refractivity contribution in [1.29, 1.82) is 0 Å². The lowest BCUT2D eigenvalue weighted by molar-refractivity contribution is 0.0790. The number of halogens is 1. The van der Waals surface area contributed by atoms with E-state index in [1.165, 1.54) is 0 Å². The van der Waals surface area contributed by atoms with Crippen LogP contribution >= 0.6 is 11.6 Å². The average Bonchev–Trinajstić information content (AvgIpc) is 2.66. The number of nitrogens with zero attached hydrogens (tertiary/aromatic N) is 1. The molecule has 0 radical (unpaired) electrons. The lowest BCUT2D eigenvalue weighted by Gasteiger charge is -2.22. The van der Waals surface area contributed by atoms with Gasteiger partial charge in [0.05, 0.1) is 11.3 Å². The molecule has 144 valence electrons. The molecular weight excluding hydrogens is 362 g/mol. The van der Waals surface area contributed by atoms with Gasteiger partial charge in [0.15, 0.2) is 0 Å². The van der Waals surface area contributed by atoms with Crippen LogP contribution in [0.15, 0.2) is 48.5 Å². The van der Waals surface area contributed by atoms with E-state index < -0.39 is 0 Å². The predicted molar refractivity (Wildman–Crippen MR) is 110 cm³/mol. The van der Waals surface area contributed by atoms with Crippen molar-refractivity contribution in [1.82, 2.24) is 4.90 Å². The van der Waals surface area contributed by atoms with Gasteiger partial charge in [-0.2, -0.15) is 0 Å². The van der Waals surface area contributed by atoms with Crippen molar-refractivity contribution < 1.29 is 9.59 Å². The molecule has 27 heavy (non-hydrogen) atoms. The number of amides is 2. The van der Waals surface area contributed by atoms with Crippen molar-refractivity contribution >= 4 is 29.1 Å². The summed E-state index contributed by atoms with van der Waals surface area (Å²) in [6.45, 7) is 4.68. The number of para-hydroxylation sites is 1. The van der Waals surface area contributed by atoms with E-state index in [4.69, 9.17) is 17.3 Å². The fraction of sp³-hybridized carbons (Fsp3) is 0.333. The van der Waals surface area contributed by atoms with Crippen LogP contribution < -0.4 is 11.1 Å². The quantitative estimate of drug-likeness (QED) is 0.752. The zero-order chi connectivity index (χ0) is 20.0. The molecule has 0 aliphatic carbocycles. The monoisotopic (exact) mass is 387 g/mol. The van der Waals surface area contributed by atoms with Crippen LogP contribution in [0.3, 0.4) is 0 Å². The first-order valence-corrected chi connectivity index (χ1v) is 9.34. The highest BCUT2D eigenvalue weighted by molar-refractivity contribution is 6.30. The van der Waals surface area contributed by atoms with Gasteiger partial charge in [-0.1, -0.05) is 37.6 Å². The number of carbonyl (C=O) groups excluding carboxylic acids is 2. The molecule has 2 aromatic carbocycles. The topological polar surface area (TPSA) is 75.4 Å². The van der Waals surface area contributed by atoms with Crippen LogP contribution in [0.2, 0.25) is 5.02 Å². The minimum atomic E-state index is -0.295. The molecular formula is C21H26ClN3O2. The van der Waals surface area contributed by atoms with Gasteiger partial charge < -0.3 is 16.0 Å². The molecule has 0 saturated carbocycles. The van der Waals surface area contributed by atoms with Crippen molar-refractivity contribution in [3.05, 3.63) is 64.7 Å². The lowest BCUT2D eigenvalue weighted by Crippen LogP contribution is -2.35. The Morgan fingerprint density at radius 1 is 1.11 bits per heavy atom. The summed E-state index contributed by atoms with van der Waals surface area (Å²) in [4.78, 5) is 26.9. The molecule has 0 heterocycles. The maximum absolute atomic E-state index is 12.8. The van der Waals surface area contributed by atoms with E-state index in [0.29, 0.717) is 34.3 Å². The summed E-state index contributed by atoms with van der Waals surface area (Å²) in [6.07, 6.45) is 0.721. The van der Waals surface area contributed by atoms with E-state index >= 15 is 0 Å². The van der Waals surface area contributed by atoms with Crippen LogP contribution in [-0.4, -0.2) is 36.3 Å². The van der Waals surface area contributed by atoms with E-state index in [2.05, 4.69) is 19.2 Å². The van der Waals surface area contributed by atoms with Gasteiger partial charge in [-0.25, -0.2) is 0 Å². The Hall–Kier alpha value is -2.37. The Bertz CT molecular complexity index is 790. The molecule has 2 rings (SSSR count). The molecule has 2 aromatic rings. The zero-order valence-corrected chi connectivity index (χ0v) is 16.7. The van der Waals surface area contributed by atoms with E-state index in [9.17, 15) is 9.59 Å². The van der Waals surface area contributed by atoms with Gasteiger partial charge in [0.2, 0.25) is 0 Å². The summed E-state index contributed by atoms with van der Waals surface area (Å²) >= 11 is 5.86. The van der Waals surface area contributed by atoms with Gasteiger partial charge in [-0.3, -0.25) is 9.59 Å². The third-order valence-electron chi connectivity index (χ3n) is 4.51. The smallest absolute Gasteiger partial charge is 0.255 e. The average molecular weight is 388 g/mol. The lowest BCUT2D eigenvalue weighted by atomic mass is 10.0. The number of carbonyl (C=O) groups is 2. The minimum Gasteiger partial charge on any atom is -0.342 e. The Labute approximate surface area is 165 Å². The fourth-order valence-corrected chi connectivity index (χ4v) is 2.68. The summed E-state index contributed by atoms with van der Waals surface area (Å²) in [6, 6.07) is 13.6. The van der Waals surface area contributed by atoms with Gasteiger partial charge in [-0.05, 0) is 48.7 Å². The van der Waals surface area contributed by atoms with Gasteiger partial charge in [0, 0.05) is 30.2 Å². The van der Waals surface area contributed by atoms with Gasteiger partial charge >= 0.3 is 0 Å². The van der Waals surface area contributed by atoms with Crippen molar-refractivity contribution in [2.45, 2.75) is 26.3 Å². The third-order valence-corrected chi connectivity index (χ3v) is 4.76. The summed E-state index contributed by atoms with van der Waals surface area (Å²) in [7, 11) is 1.74. The SMILES string of the molecule is CC(C)C(N)CCN(C)C(=O)c1ccccc1NC(=O)c1ccc(Cl)cc1. The molecule has 2 amide bonds. The minimum absolute atomic E-state index is 0.0418. The second-order valence-electron chi connectivity index (χ2n) is 6.93. The van der Waals surface area contributed by atoms with Crippen LogP contribution in [0.4, 0.5) is 5.69 Å². The summed E-state index contributed by atoms with van der Waals surface area (Å²) in [5.41, 5.74) is 7.46. The van der Waals surface area contributed by atoms with Crippen molar-refractivity contribution in [2.24, 2.45) is 11.7 Å². The number of anilines is 1. The molecule has 0 saturated heterocycles. The van der Waals surface area contributed by atoms with Crippen molar-refractivity contribution in [3.8, 4) is 0 Å². The van der Waals surface area contributed by atoms with Crippen molar-refractivity contribution in [3.63, 3.8) is 0 Å². The fourth-order valence-electron chi connectivity index (χ4n) is 2.56. The Kier molecular flexibility index (Phi) is 7.39. The predicted octanol–water partition coefficient (Wildman–Crippen LogP) is 4.04. The van der Waals surface area contributed by atoms with Gasteiger partial charge in [-0.15, -0.1) is 0 Å². The molecule has 1 unspecified atom stereocenters. The maximum Gasteiger partial charge on any atom is 0.255 e. The van der Waals surface area contributed by atoms with Crippen molar-refractivity contribution in [2.75, 3.05) is 18.9 Å². The number of benzene rings is 2. The van der Waals surface area contributed by atoms with E-state index in [1.54, 1.807) is 60.5 Å². The Balaban J connectivity index is 2.11. The molecule has 5 nitrogen and oxygen atoms in total. The molecule has 0 aromatic heterocycles. The second kappa shape index (κ2) is 9.53. The molecule has 0 fully saturated rings. The van der Waals surface area contributed by atoms with E-state index in [1.807, 2.05) is 0 Å². The Morgan fingerprint density at radius 3 is 2.37 bits per heavy atom. The van der Waals surface area contributed by atoms with Crippen LogP contribution in [-0.2, 0) is 0 Å². The highest BCUT2D eigenvalue weighted by Crippen LogP contribution is 2.19. The summed E-state index contributed by atoms with van der Waals surface area (Å²) in [5.74, 6) is -0.0891. The van der Waals surface area contributed by atoms with Gasteiger partial charge in [0.25, 0.3) is 11.8 Å². The zero-order valence-electron chi connectivity index (χ0n) is 15.9. The first-order valence-electron chi connectivity index (χ1n) is 8.96. The molecule has 0 aliphatic heterocycles.